The SMILES string of the molecule is CC(C)n1c(CCl)nnc1C1CCCCC1C(F)(F)F. The number of aromatic nitrogens is 3. The fourth-order valence-corrected chi connectivity index (χ4v) is 3.26. The lowest BCUT2D eigenvalue weighted by Crippen LogP contribution is -2.33. The molecule has 0 aliphatic heterocycles. The van der Waals surface area contributed by atoms with Crippen LogP contribution in [0, 0.1) is 5.92 Å². The first kappa shape index (κ1) is 15.6. The average molecular weight is 310 g/mol. The highest BCUT2D eigenvalue weighted by molar-refractivity contribution is 6.16. The number of nitrogens with zero attached hydrogens (tertiary/aromatic N) is 3. The van der Waals surface area contributed by atoms with E-state index in [4.69, 9.17) is 11.6 Å². The maximum Gasteiger partial charge on any atom is 0.392 e. The molecule has 2 rings (SSSR count). The van der Waals surface area contributed by atoms with Crippen molar-refractivity contribution in [3.05, 3.63) is 11.6 Å². The van der Waals surface area contributed by atoms with Crippen molar-refractivity contribution in [3.8, 4) is 0 Å². The van der Waals surface area contributed by atoms with Crippen molar-refractivity contribution in [2.24, 2.45) is 5.92 Å². The van der Waals surface area contributed by atoms with Crippen molar-refractivity contribution in [1.29, 1.82) is 0 Å². The van der Waals surface area contributed by atoms with Gasteiger partial charge in [0.25, 0.3) is 0 Å². The average Bonchev–Trinajstić information content (AvgIpc) is 2.81. The summed E-state index contributed by atoms with van der Waals surface area (Å²) >= 11 is 5.81. The molecule has 1 fully saturated rings. The number of hydrogen-bond donors (Lipinski definition) is 0. The van der Waals surface area contributed by atoms with E-state index in [1.807, 2.05) is 13.8 Å². The van der Waals surface area contributed by atoms with Crippen LogP contribution in [0.5, 0.6) is 0 Å². The highest BCUT2D eigenvalue weighted by atomic mass is 35.5. The number of halogens is 4. The second kappa shape index (κ2) is 5.92. The Balaban J connectivity index is 2.40. The van der Waals surface area contributed by atoms with E-state index in [9.17, 15) is 13.2 Å². The number of hydrogen-bond acceptors (Lipinski definition) is 2. The maximum atomic E-state index is 13.2. The highest BCUT2D eigenvalue weighted by Crippen LogP contribution is 2.46. The van der Waals surface area contributed by atoms with Crippen LogP contribution in [0.4, 0.5) is 13.2 Å². The van der Waals surface area contributed by atoms with E-state index in [0.717, 1.165) is 6.42 Å². The third kappa shape index (κ3) is 2.95. The fourth-order valence-electron chi connectivity index (χ4n) is 3.08. The molecule has 7 heteroatoms. The summed E-state index contributed by atoms with van der Waals surface area (Å²) < 4.78 is 41.4. The molecule has 1 heterocycles. The molecule has 1 aliphatic rings. The zero-order valence-corrected chi connectivity index (χ0v) is 12.4. The van der Waals surface area contributed by atoms with Crippen LogP contribution in [-0.2, 0) is 5.88 Å². The molecule has 0 radical (unpaired) electrons. The number of alkyl halides is 4. The van der Waals surface area contributed by atoms with E-state index in [1.54, 1.807) is 4.57 Å². The van der Waals surface area contributed by atoms with Crippen molar-refractivity contribution in [3.63, 3.8) is 0 Å². The first-order chi connectivity index (χ1) is 9.36. The molecule has 1 aliphatic carbocycles. The molecule has 0 bridgehead atoms. The molecule has 0 aromatic carbocycles. The van der Waals surface area contributed by atoms with E-state index in [2.05, 4.69) is 10.2 Å². The van der Waals surface area contributed by atoms with Gasteiger partial charge in [0.1, 0.15) is 11.6 Å². The first-order valence-electron chi connectivity index (χ1n) is 6.92. The standard InChI is InChI=1S/C13H19ClF3N3/c1-8(2)20-11(7-14)18-19-12(20)9-5-3-4-6-10(9)13(15,16)17/h8-10H,3-7H2,1-2H3. The molecule has 1 aromatic heterocycles. The van der Waals surface area contributed by atoms with Crippen LogP contribution in [0.2, 0.25) is 0 Å². The van der Waals surface area contributed by atoms with Gasteiger partial charge in [-0.05, 0) is 26.7 Å². The lowest BCUT2D eigenvalue weighted by atomic mass is 9.78. The van der Waals surface area contributed by atoms with E-state index in [0.29, 0.717) is 24.5 Å². The van der Waals surface area contributed by atoms with Crippen molar-refractivity contribution >= 4 is 11.6 Å². The van der Waals surface area contributed by atoms with Crippen molar-refractivity contribution < 1.29 is 13.2 Å². The Morgan fingerprint density at radius 3 is 2.45 bits per heavy atom. The summed E-state index contributed by atoms with van der Waals surface area (Å²) in [5, 5.41) is 7.99. The quantitative estimate of drug-likeness (QED) is 0.773. The van der Waals surface area contributed by atoms with Crippen LogP contribution in [0.3, 0.4) is 0 Å². The molecule has 0 spiro atoms. The van der Waals surface area contributed by atoms with Crippen molar-refractivity contribution in [2.45, 2.75) is 63.5 Å². The monoisotopic (exact) mass is 309 g/mol. The number of rotatable bonds is 3. The summed E-state index contributed by atoms with van der Waals surface area (Å²) in [6.07, 6.45) is -2.07. The lowest BCUT2D eigenvalue weighted by Gasteiger charge is -2.33. The predicted octanol–water partition coefficient (Wildman–Crippen LogP) is 4.43. The zero-order chi connectivity index (χ0) is 14.9. The largest absolute Gasteiger partial charge is 0.392 e. The topological polar surface area (TPSA) is 30.7 Å². The Kier molecular flexibility index (Phi) is 4.62. The summed E-state index contributed by atoms with van der Waals surface area (Å²) in [6.45, 7) is 3.82. The minimum Gasteiger partial charge on any atom is -0.311 e. The molecule has 0 amide bonds. The smallest absolute Gasteiger partial charge is 0.311 e. The second-order valence-electron chi connectivity index (χ2n) is 5.61. The van der Waals surface area contributed by atoms with Gasteiger partial charge < -0.3 is 4.57 Å². The van der Waals surface area contributed by atoms with Gasteiger partial charge in [0.15, 0.2) is 0 Å². The van der Waals surface area contributed by atoms with Crippen LogP contribution >= 0.6 is 11.6 Å². The summed E-state index contributed by atoms with van der Waals surface area (Å²) in [5.41, 5.74) is 0. The summed E-state index contributed by atoms with van der Waals surface area (Å²) in [7, 11) is 0. The van der Waals surface area contributed by atoms with Gasteiger partial charge in [-0.25, -0.2) is 0 Å². The molecular formula is C13H19ClF3N3. The second-order valence-corrected chi connectivity index (χ2v) is 5.88. The van der Waals surface area contributed by atoms with Crippen molar-refractivity contribution in [2.75, 3.05) is 0 Å². The van der Waals surface area contributed by atoms with Gasteiger partial charge in [0, 0.05) is 12.0 Å². The predicted molar refractivity (Wildman–Crippen MR) is 70.7 cm³/mol. The Morgan fingerprint density at radius 2 is 1.90 bits per heavy atom. The lowest BCUT2D eigenvalue weighted by molar-refractivity contribution is -0.188. The van der Waals surface area contributed by atoms with Gasteiger partial charge in [0.05, 0.1) is 11.8 Å². The molecule has 114 valence electrons. The molecule has 2 atom stereocenters. The molecule has 20 heavy (non-hydrogen) atoms. The van der Waals surface area contributed by atoms with Crippen LogP contribution in [-0.4, -0.2) is 20.9 Å². The van der Waals surface area contributed by atoms with Crippen molar-refractivity contribution in [1.82, 2.24) is 14.8 Å². The molecule has 1 aromatic rings. The Morgan fingerprint density at radius 1 is 1.25 bits per heavy atom. The van der Waals surface area contributed by atoms with E-state index in [1.165, 1.54) is 0 Å². The minimum atomic E-state index is -4.18. The van der Waals surface area contributed by atoms with Gasteiger partial charge in [0.2, 0.25) is 0 Å². The third-order valence-corrected chi connectivity index (χ3v) is 4.19. The van der Waals surface area contributed by atoms with E-state index in [-0.39, 0.29) is 18.3 Å². The molecule has 2 unspecified atom stereocenters. The van der Waals surface area contributed by atoms with Gasteiger partial charge in [-0.1, -0.05) is 12.8 Å². The van der Waals surface area contributed by atoms with Gasteiger partial charge in [-0.2, -0.15) is 13.2 Å². The van der Waals surface area contributed by atoms with Gasteiger partial charge in [-0.3, -0.25) is 0 Å². The van der Waals surface area contributed by atoms with E-state index >= 15 is 0 Å². The van der Waals surface area contributed by atoms with Crippen LogP contribution in [0.1, 0.15) is 63.1 Å². The van der Waals surface area contributed by atoms with Crippen LogP contribution < -0.4 is 0 Å². The Bertz CT molecular complexity index is 456. The summed E-state index contributed by atoms with van der Waals surface area (Å²) in [4.78, 5) is 0. The molecule has 1 saturated carbocycles. The zero-order valence-electron chi connectivity index (χ0n) is 11.6. The molecule has 0 N–H and O–H groups in total. The van der Waals surface area contributed by atoms with Crippen LogP contribution in [0.15, 0.2) is 0 Å². The minimum absolute atomic E-state index is 0.00422. The van der Waals surface area contributed by atoms with Crippen LogP contribution in [0.25, 0.3) is 0 Å². The maximum absolute atomic E-state index is 13.2. The van der Waals surface area contributed by atoms with Gasteiger partial charge in [-0.15, -0.1) is 21.8 Å². The molecular weight excluding hydrogens is 291 g/mol. The summed E-state index contributed by atoms with van der Waals surface area (Å²) in [5.74, 6) is -0.772. The Hall–Kier alpha value is -0.780. The van der Waals surface area contributed by atoms with E-state index < -0.39 is 18.0 Å². The first-order valence-corrected chi connectivity index (χ1v) is 7.46. The third-order valence-electron chi connectivity index (χ3n) is 3.95. The summed E-state index contributed by atoms with van der Waals surface area (Å²) in [6, 6.07) is 0.00422. The highest BCUT2D eigenvalue weighted by Gasteiger charge is 2.47. The fraction of sp³-hybridized carbons (Fsp3) is 0.846. The molecule has 0 saturated heterocycles. The van der Waals surface area contributed by atoms with Gasteiger partial charge >= 0.3 is 6.18 Å². The molecule has 3 nitrogen and oxygen atoms in total. The Labute approximate surface area is 121 Å². The normalized spacial score (nSPS) is 24.4.